The number of hydrogen-bond acceptors (Lipinski definition) is 3. The molecule has 1 aliphatic rings. The number of nitrogens with zero attached hydrogens (tertiary/aromatic N) is 2. The molecule has 1 aromatic carbocycles. The highest BCUT2D eigenvalue weighted by atomic mass is 16.2. The highest BCUT2D eigenvalue weighted by Crippen LogP contribution is 2.38. The van der Waals surface area contributed by atoms with Crippen molar-refractivity contribution in [1.29, 1.82) is 0 Å². The van der Waals surface area contributed by atoms with E-state index < -0.39 is 0 Å². The third-order valence-electron chi connectivity index (χ3n) is 4.26. The van der Waals surface area contributed by atoms with Gasteiger partial charge < -0.3 is 10.6 Å². The SMILES string of the molecule is Cc1cccc(C(=O)N2c3ccccc3C(C(N)=O)CC2C)n1. The average Bonchev–Trinajstić information content (AvgIpc) is 2.53. The van der Waals surface area contributed by atoms with Gasteiger partial charge in [0.15, 0.2) is 0 Å². The van der Waals surface area contributed by atoms with E-state index in [1.807, 2.05) is 50.2 Å². The van der Waals surface area contributed by atoms with Gasteiger partial charge >= 0.3 is 0 Å². The maximum absolute atomic E-state index is 12.9. The number of amides is 2. The van der Waals surface area contributed by atoms with Crippen LogP contribution in [-0.2, 0) is 4.79 Å². The third-order valence-corrected chi connectivity index (χ3v) is 4.26. The Hall–Kier alpha value is -2.69. The molecule has 3 rings (SSSR count). The summed E-state index contributed by atoms with van der Waals surface area (Å²) in [7, 11) is 0. The molecule has 0 spiro atoms. The van der Waals surface area contributed by atoms with Crippen LogP contribution in [0.25, 0.3) is 0 Å². The van der Waals surface area contributed by atoms with Crippen LogP contribution < -0.4 is 10.6 Å². The van der Waals surface area contributed by atoms with Crippen LogP contribution in [0, 0.1) is 6.92 Å². The molecule has 0 fully saturated rings. The Morgan fingerprint density at radius 2 is 1.91 bits per heavy atom. The van der Waals surface area contributed by atoms with E-state index >= 15 is 0 Å². The Morgan fingerprint density at radius 3 is 2.61 bits per heavy atom. The first kappa shape index (κ1) is 15.2. The van der Waals surface area contributed by atoms with Crippen LogP contribution in [-0.4, -0.2) is 22.8 Å². The van der Waals surface area contributed by atoms with Crippen molar-refractivity contribution in [3.05, 3.63) is 59.4 Å². The zero-order valence-electron chi connectivity index (χ0n) is 13.2. The molecule has 0 bridgehead atoms. The lowest BCUT2D eigenvalue weighted by molar-refractivity contribution is -0.119. The summed E-state index contributed by atoms with van der Waals surface area (Å²) in [5, 5.41) is 0. The number of rotatable bonds is 2. The molecular formula is C18H19N3O2. The largest absolute Gasteiger partial charge is 0.369 e. The first-order chi connectivity index (χ1) is 11.0. The molecule has 2 heterocycles. The molecule has 23 heavy (non-hydrogen) atoms. The number of nitrogens with two attached hydrogens (primary N) is 1. The molecule has 2 N–H and O–H groups in total. The minimum atomic E-state index is -0.365. The second kappa shape index (κ2) is 5.83. The highest BCUT2D eigenvalue weighted by Gasteiger charge is 2.36. The number of carbonyl (C=O) groups excluding carboxylic acids is 2. The van der Waals surface area contributed by atoms with E-state index in [0.29, 0.717) is 12.1 Å². The molecule has 0 aliphatic carbocycles. The van der Waals surface area contributed by atoms with Crippen LogP contribution in [0.5, 0.6) is 0 Å². The first-order valence-electron chi connectivity index (χ1n) is 7.64. The fourth-order valence-corrected chi connectivity index (χ4v) is 3.18. The lowest BCUT2D eigenvalue weighted by Gasteiger charge is -2.38. The number of para-hydroxylation sites is 1. The Balaban J connectivity index is 2.07. The summed E-state index contributed by atoms with van der Waals surface area (Å²) in [6.45, 7) is 3.78. The molecule has 2 unspecified atom stereocenters. The van der Waals surface area contributed by atoms with Gasteiger partial charge in [-0.15, -0.1) is 0 Å². The molecule has 2 aromatic rings. The zero-order chi connectivity index (χ0) is 16.6. The topological polar surface area (TPSA) is 76.3 Å². The van der Waals surface area contributed by atoms with E-state index in [4.69, 9.17) is 5.73 Å². The summed E-state index contributed by atoms with van der Waals surface area (Å²) in [6, 6.07) is 12.7. The summed E-state index contributed by atoms with van der Waals surface area (Å²) in [5.41, 5.74) is 8.29. The third kappa shape index (κ3) is 2.70. The number of aryl methyl sites for hydroxylation is 1. The molecule has 5 nitrogen and oxygen atoms in total. The van der Waals surface area contributed by atoms with Gasteiger partial charge in [0.1, 0.15) is 5.69 Å². The van der Waals surface area contributed by atoms with Crippen molar-refractivity contribution in [3.63, 3.8) is 0 Å². The van der Waals surface area contributed by atoms with Gasteiger partial charge in [-0.1, -0.05) is 24.3 Å². The van der Waals surface area contributed by atoms with Gasteiger partial charge in [0, 0.05) is 17.4 Å². The lowest BCUT2D eigenvalue weighted by atomic mass is 9.85. The maximum atomic E-state index is 12.9. The van der Waals surface area contributed by atoms with Crippen LogP contribution in [0.15, 0.2) is 42.5 Å². The number of primary amides is 1. The van der Waals surface area contributed by atoms with E-state index in [-0.39, 0.29) is 23.8 Å². The molecule has 1 aromatic heterocycles. The summed E-state index contributed by atoms with van der Waals surface area (Å²) in [5.74, 6) is -0.877. The molecule has 118 valence electrons. The van der Waals surface area contributed by atoms with Gasteiger partial charge in [0.05, 0.1) is 5.92 Å². The van der Waals surface area contributed by atoms with Gasteiger partial charge in [-0.05, 0) is 44.0 Å². The van der Waals surface area contributed by atoms with Gasteiger partial charge in [-0.2, -0.15) is 0 Å². The minimum absolute atomic E-state index is 0.128. The van der Waals surface area contributed by atoms with Crippen molar-refractivity contribution in [2.75, 3.05) is 4.90 Å². The average molecular weight is 309 g/mol. The monoisotopic (exact) mass is 309 g/mol. The summed E-state index contributed by atoms with van der Waals surface area (Å²) < 4.78 is 0. The molecule has 2 amide bonds. The van der Waals surface area contributed by atoms with Crippen LogP contribution in [0.4, 0.5) is 5.69 Å². The predicted molar refractivity (Wildman–Crippen MR) is 88.2 cm³/mol. The van der Waals surface area contributed by atoms with Gasteiger partial charge in [0.25, 0.3) is 5.91 Å². The summed E-state index contributed by atoms with van der Waals surface area (Å²) >= 11 is 0. The Bertz CT molecular complexity index is 772. The molecule has 0 saturated carbocycles. The fourth-order valence-electron chi connectivity index (χ4n) is 3.18. The van der Waals surface area contributed by atoms with Crippen LogP contribution in [0.3, 0.4) is 0 Å². The van der Waals surface area contributed by atoms with Gasteiger partial charge in [-0.25, -0.2) is 4.98 Å². The quantitative estimate of drug-likeness (QED) is 0.925. The number of hydrogen-bond donors (Lipinski definition) is 1. The molecule has 5 heteroatoms. The van der Waals surface area contributed by atoms with E-state index in [1.54, 1.807) is 11.0 Å². The first-order valence-corrected chi connectivity index (χ1v) is 7.64. The minimum Gasteiger partial charge on any atom is -0.369 e. The molecular weight excluding hydrogens is 290 g/mol. The van der Waals surface area contributed by atoms with Crippen LogP contribution >= 0.6 is 0 Å². The lowest BCUT2D eigenvalue weighted by Crippen LogP contribution is -2.45. The van der Waals surface area contributed by atoms with E-state index in [2.05, 4.69) is 4.98 Å². The van der Waals surface area contributed by atoms with Crippen LogP contribution in [0.2, 0.25) is 0 Å². The number of carbonyl (C=O) groups is 2. The standard InChI is InChI=1S/C18H19N3O2/c1-11-6-5-8-15(20-11)18(23)21-12(2)10-14(17(19)22)13-7-3-4-9-16(13)21/h3-9,12,14H,10H2,1-2H3,(H2,19,22). The second-order valence-corrected chi connectivity index (χ2v) is 5.94. The Morgan fingerprint density at radius 1 is 1.17 bits per heavy atom. The number of fused-ring (bicyclic) bond motifs is 1. The van der Waals surface area contributed by atoms with Crippen molar-refractivity contribution < 1.29 is 9.59 Å². The Labute approximate surface area is 135 Å². The zero-order valence-corrected chi connectivity index (χ0v) is 13.2. The number of aromatic nitrogens is 1. The van der Waals surface area contributed by atoms with Crippen molar-refractivity contribution in [2.24, 2.45) is 5.73 Å². The van der Waals surface area contributed by atoms with Crippen molar-refractivity contribution >= 4 is 17.5 Å². The Kier molecular flexibility index (Phi) is 3.86. The van der Waals surface area contributed by atoms with Crippen molar-refractivity contribution in [1.82, 2.24) is 4.98 Å². The van der Waals surface area contributed by atoms with E-state index in [1.165, 1.54) is 0 Å². The van der Waals surface area contributed by atoms with E-state index in [0.717, 1.165) is 16.9 Å². The predicted octanol–water partition coefficient (Wildman–Crippen LogP) is 2.40. The normalized spacial score (nSPS) is 20.0. The number of anilines is 1. The van der Waals surface area contributed by atoms with Crippen LogP contribution in [0.1, 0.15) is 41.0 Å². The smallest absolute Gasteiger partial charge is 0.277 e. The van der Waals surface area contributed by atoms with E-state index in [9.17, 15) is 9.59 Å². The number of benzene rings is 1. The molecule has 2 atom stereocenters. The van der Waals surface area contributed by atoms with Gasteiger partial charge in [0.2, 0.25) is 5.91 Å². The fraction of sp³-hybridized carbons (Fsp3) is 0.278. The maximum Gasteiger partial charge on any atom is 0.277 e. The molecule has 0 radical (unpaired) electrons. The van der Waals surface area contributed by atoms with Crippen molar-refractivity contribution in [2.45, 2.75) is 32.2 Å². The highest BCUT2D eigenvalue weighted by molar-refractivity contribution is 6.06. The summed E-state index contributed by atoms with van der Waals surface area (Å²) in [6.07, 6.45) is 0.518. The van der Waals surface area contributed by atoms with Gasteiger partial charge in [-0.3, -0.25) is 9.59 Å². The summed E-state index contributed by atoms with van der Waals surface area (Å²) in [4.78, 5) is 30.8. The molecule has 0 saturated heterocycles. The molecule has 1 aliphatic heterocycles. The second-order valence-electron chi connectivity index (χ2n) is 5.94. The van der Waals surface area contributed by atoms with Crippen molar-refractivity contribution in [3.8, 4) is 0 Å². The number of pyridine rings is 1.